The quantitative estimate of drug-likeness (QED) is 0.762. The second-order valence-corrected chi connectivity index (χ2v) is 4.31. The maximum absolute atomic E-state index is 12.4. The summed E-state index contributed by atoms with van der Waals surface area (Å²) >= 11 is 0. The number of hydrogen-bond acceptors (Lipinski definition) is 3. The summed E-state index contributed by atoms with van der Waals surface area (Å²) in [6, 6.07) is 1.12. The summed E-state index contributed by atoms with van der Waals surface area (Å²) in [5, 5.41) is 8.48. The normalized spacial score (nSPS) is 18.5. The molecule has 8 heteroatoms. The Bertz CT molecular complexity index is 403. The fraction of sp³-hybridized carbons (Fsp3) is 0.727. The molecule has 1 heterocycles. The van der Waals surface area contributed by atoms with E-state index in [1.165, 1.54) is 4.90 Å². The first-order valence-corrected chi connectivity index (χ1v) is 5.81. The van der Waals surface area contributed by atoms with Gasteiger partial charge in [-0.1, -0.05) is 6.92 Å². The molecule has 1 atom stereocenters. The molecule has 0 aliphatic carbocycles. The summed E-state index contributed by atoms with van der Waals surface area (Å²) < 4.78 is 37.3. The van der Waals surface area contributed by atoms with Gasteiger partial charge >= 0.3 is 6.18 Å². The minimum atomic E-state index is -4.70. The van der Waals surface area contributed by atoms with Gasteiger partial charge in [-0.2, -0.15) is 18.4 Å². The molecule has 0 bridgehead atoms. The van der Waals surface area contributed by atoms with Gasteiger partial charge in [-0.15, -0.1) is 0 Å². The van der Waals surface area contributed by atoms with Crippen LogP contribution < -0.4 is 0 Å². The van der Waals surface area contributed by atoms with Crippen molar-refractivity contribution in [1.29, 1.82) is 5.26 Å². The summed E-state index contributed by atoms with van der Waals surface area (Å²) in [7, 11) is 0. The van der Waals surface area contributed by atoms with Crippen LogP contribution in [0, 0.1) is 17.2 Å². The van der Waals surface area contributed by atoms with Gasteiger partial charge in [0.25, 0.3) is 0 Å². The molecule has 19 heavy (non-hydrogen) atoms. The van der Waals surface area contributed by atoms with Gasteiger partial charge in [0, 0.05) is 13.1 Å². The van der Waals surface area contributed by atoms with Gasteiger partial charge in [0.15, 0.2) is 5.92 Å². The molecule has 106 valence electrons. The molecule has 0 aromatic rings. The van der Waals surface area contributed by atoms with E-state index in [0.29, 0.717) is 13.0 Å². The summed E-state index contributed by atoms with van der Waals surface area (Å²) in [4.78, 5) is 25.4. The first-order chi connectivity index (χ1) is 8.79. The molecule has 5 nitrogen and oxygen atoms in total. The molecule has 1 aliphatic rings. The number of amides is 2. The van der Waals surface area contributed by atoms with Gasteiger partial charge < -0.3 is 9.80 Å². The molecule has 1 unspecified atom stereocenters. The lowest BCUT2D eigenvalue weighted by Crippen LogP contribution is -2.55. The maximum atomic E-state index is 12.4. The molecule has 0 aromatic carbocycles. The number of carbonyl (C=O) groups excluding carboxylic acids is 2. The highest BCUT2D eigenvalue weighted by molar-refractivity contribution is 5.92. The average Bonchev–Trinajstić information content (AvgIpc) is 2.30. The third-order valence-electron chi connectivity index (χ3n) is 2.81. The highest BCUT2D eigenvalue weighted by Gasteiger charge is 2.43. The van der Waals surface area contributed by atoms with E-state index >= 15 is 0 Å². The van der Waals surface area contributed by atoms with Crippen LogP contribution in [-0.4, -0.2) is 54.0 Å². The van der Waals surface area contributed by atoms with Crippen molar-refractivity contribution in [3.05, 3.63) is 0 Å². The van der Waals surface area contributed by atoms with Crippen LogP contribution in [-0.2, 0) is 9.59 Å². The molecule has 1 aliphatic heterocycles. The van der Waals surface area contributed by atoms with E-state index in [1.807, 2.05) is 6.92 Å². The van der Waals surface area contributed by atoms with E-state index in [1.54, 1.807) is 0 Å². The minimum Gasteiger partial charge on any atom is -0.332 e. The topological polar surface area (TPSA) is 64.4 Å². The molecular formula is C11H14F3N3O2. The highest BCUT2D eigenvalue weighted by Crippen LogP contribution is 2.26. The van der Waals surface area contributed by atoms with Crippen molar-refractivity contribution in [2.24, 2.45) is 5.92 Å². The summed E-state index contributed by atoms with van der Waals surface area (Å²) in [5.74, 6) is -3.21. The number of rotatable bonds is 4. The molecule has 1 saturated heterocycles. The maximum Gasteiger partial charge on any atom is 0.406 e. The van der Waals surface area contributed by atoms with Crippen molar-refractivity contribution in [3.63, 3.8) is 0 Å². The lowest BCUT2D eigenvalue weighted by molar-refractivity contribution is -0.170. The number of piperazine rings is 1. The van der Waals surface area contributed by atoms with Crippen LogP contribution in [0.1, 0.15) is 13.3 Å². The van der Waals surface area contributed by atoms with Crippen molar-refractivity contribution < 1.29 is 22.8 Å². The highest BCUT2D eigenvalue weighted by atomic mass is 19.4. The van der Waals surface area contributed by atoms with Crippen molar-refractivity contribution >= 4 is 11.8 Å². The number of halogens is 3. The minimum absolute atomic E-state index is 0.220. The van der Waals surface area contributed by atoms with E-state index in [-0.39, 0.29) is 12.5 Å². The average molecular weight is 277 g/mol. The van der Waals surface area contributed by atoms with Gasteiger partial charge in [0.1, 0.15) is 0 Å². The molecule has 0 aromatic heterocycles. The van der Waals surface area contributed by atoms with Crippen LogP contribution in [0.15, 0.2) is 0 Å². The Labute approximate surface area is 108 Å². The Hall–Kier alpha value is -1.78. The van der Waals surface area contributed by atoms with Crippen molar-refractivity contribution in [2.75, 3.05) is 26.2 Å². The lowest BCUT2D eigenvalue weighted by atomic mass is 10.1. The molecule has 1 rings (SSSR count). The van der Waals surface area contributed by atoms with E-state index in [2.05, 4.69) is 0 Å². The first kappa shape index (κ1) is 15.3. The summed E-state index contributed by atoms with van der Waals surface area (Å²) in [6.45, 7) is 0.833. The summed E-state index contributed by atoms with van der Waals surface area (Å²) in [6.07, 6.45) is -4.03. The molecule has 0 radical (unpaired) electrons. The molecule has 2 amide bonds. The number of alkyl halides is 3. The Morgan fingerprint density at radius 1 is 1.26 bits per heavy atom. The van der Waals surface area contributed by atoms with Crippen molar-refractivity contribution in [3.8, 4) is 6.07 Å². The Morgan fingerprint density at radius 2 is 1.79 bits per heavy atom. The third kappa shape index (κ3) is 3.84. The predicted octanol–water partition coefficient (Wildman–Crippen LogP) is 0.769. The van der Waals surface area contributed by atoms with Gasteiger partial charge in [-0.05, 0) is 6.42 Å². The second kappa shape index (κ2) is 5.91. The Morgan fingerprint density at radius 3 is 2.26 bits per heavy atom. The summed E-state index contributed by atoms with van der Waals surface area (Å²) in [5.41, 5.74) is 0. The van der Waals surface area contributed by atoms with E-state index in [4.69, 9.17) is 5.26 Å². The van der Waals surface area contributed by atoms with Crippen LogP contribution in [0.2, 0.25) is 0 Å². The zero-order valence-electron chi connectivity index (χ0n) is 10.4. The van der Waals surface area contributed by atoms with Crippen LogP contribution >= 0.6 is 0 Å². The zero-order chi connectivity index (χ0) is 14.6. The predicted molar refractivity (Wildman–Crippen MR) is 58.6 cm³/mol. The third-order valence-corrected chi connectivity index (χ3v) is 2.81. The van der Waals surface area contributed by atoms with Crippen LogP contribution in [0.3, 0.4) is 0 Å². The Kier molecular flexibility index (Phi) is 4.75. The molecule has 0 N–H and O–H groups in total. The fourth-order valence-corrected chi connectivity index (χ4v) is 1.78. The molecule has 0 spiro atoms. The lowest BCUT2D eigenvalue weighted by Gasteiger charge is -2.34. The van der Waals surface area contributed by atoms with E-state index < -0.39 is 31.1 Å². The van der Waals surface area contributed by atoms with E-state index in [0.717, 1.165) is 11.0 Å². The first-order valence-electron chi connectivity index (χ1n) is 5.81. The van der Waals surface area contributed by atoms with Gasteiger partial charge in [0.05, 0.1) is 19.2 Å². The SMILES string of the molecule is CCCN1CC(=O)N(CC(C#N)C(F)(F)F)CC1=O. The van der Waals surface area contributed by atoms with Crippen molar-refractivity contribution in [2.45, 2.75) is 19.5 Å². The second-order valence-electron chi connectivity index (χ2n) is 4.31. The van der Waals surface area contributed by atoms with E-state index in [9.17, 15) is 22.8 Å². The largest absolute Gasteiger partial charge is 0.406 e. The molecular weight excluding hydrogens is 263 g/mol. The van der Waals surface area contributed by atoms with Gasteiger partial charge in [0.2, 0.25) is 11.8 Å². The molecule has 0 saturated carbocycles. The number of carbonyl (C=O) groups is 2. The number of hydrogen-bond donors (Lipinski definition) is 0. The monoisotopic (exact) mass is 277 g/mol. The van der Waals surface area contributed by atoms with Crippen LogP contribution in [0.5, 0.6) is 0 Å². The fourth-order valence-electron chi connectivity index (χ4n) is 1.78. The Balaban J connectivity index is 2.69. The molecule has 1 fully saturated rings. The number of nitriles is 1. The standard InChI is InChI=1S/C11H14F3N3O2/c1-2-3-16-6-10(19)17(7-9(16)18)5-8(4-15)11(12,13)14/h8H,2-3,5-7H2,1H3. The smallest absolute Gasteiger partial charge is 0.332 e. The zero-order valence-corrected chi connectivity index (χ0v) is 10.4. The van der Waals surface area contributed by atoms with Gasteiger partial charge in [-0.3, -0.25) is 9.59 Å². The van der Waals surface area contributed by atoms with Gasteiger partial charge in [-0.25, -0.2) is 0 Å². The van der Waals surface area contributed by atoms with Crippen molar-refractivity contribution in [1.82, 2.24) is 9.80 Å². The van der Waals surface area contributed by atoms with Crippen LogP contribution in [0.4, 0.5) is 13.2 Å². The van der Waals surface area contributed by atoms with Crippen LogP contribution in [0.25, 0.3) is 0 Å². The number of nitrogens with zero attached hydrogens (tertiary/aromatic N) is 3.